The van der Waals surface area contributed by atoms with Gasteiger partial charge in [-0.2, -0.15) is 4.98 Å². The van der Waals surface area contributed by atoms with Crippen LogP contribution in [0, 0.1) is 5.82 Å². The molecule has 0 unspecified atom stereocenters. The molecule has 8 heteroatoms. The Morgan fingerprint density at radius 2 is 1.90 bits per heavy atom. The second kappa shape index (κ2) is 9.09. The van der Waals surface area contributed by atoms with Gasteiger partial charge in [0.1, 0.15) is 11.6 Å². The Morgan fingerprint density at radius 3 is 2.67 bits per heavy atom. The maximum atomic E-state index is 13.9. The summed E-state index contributed by atoms with van der Waals surface area (Å²) in [6.07, 6.45) is 3.21. The van der Waals surface area contributed by atoms with E-state index < -0.39 is 0 Å². The van der Waals surface area contributed by atoms with E-state index in [2.05, 4.69) is 25.5 Å². The number of rotatable bonds is 5. The van der Waals surface area contributed by atoms with E-state index in [4.69, 9.17) is 11.6 Å². The molecule has 3 aromatic rings. The van der Waals surface area contributed by atoms with Gasteiger partial charge in [-0.05, 0) is 49.2 Å². The van der Waals surface area contributed by atoms with Crippen molar-refractivity contribution in [2.45, 2.75) is 18.9 Å². The second-order valence-corrected chi connectivity index (χ2v) is 7.53. The normalized spacial score (nSPS) is 14.4. The largest absolute Gasteiger partial charge is 0.349 e. The van der Waals surface area contributed by atoms with Crippen molar-refractivity contribution >= 4 is 35.0 Å². The summed E-state index contributed by atoms with van der Waals surface area (Å²) in [5.41, 5.74) is 0.921. The third-order valence-corrected chi connectivity index (χ3v) is 5.21. The number of hydrogen-bond acceptors (Lipinski definition) is 5. The predicted octanol–water partition coefficient (Wildman–Crippen LogP) is 4.41. The Labute approximate surface area is 179 Å². The molecule has 4 rings (SSSR count). The van der Waals surface area contributed by atoms with Crippen molar-refractivity contribution in [3.63, 3.8) is 0 Å². The van der Waals surface area contributed by atoms with E-state index in [-0.39, 0.29) is 17.8 Å². The number of amides is 1. The number of carbonyl (C=O) groups is 1. The highest BCUT2D eigenvalue weighted by atomic mass is 35.5. The summed E-state index contributed by atoms with van der Waals surface area (Å²) in [4.78, 5) is 23.3. The zero-order valence-electron chi connectivity index (χ0n) is 16.2. The van der Waals surface area contributed by atoms with Gasteiger partial charge in [-0.1, -0.05) is 29.8 Å². The van der Waals surface area contributed by atoms with Crippen LogP contribution < -0.4 is 15.5 Å². The van der Waals surface area contributed by atoms with Gasteiger partial charge in [0, 0.05) is 35.9 Å². The van der Waals surface area contributed by atoms with Crippen molar-refractivity contribution in [2.24, 2.45) is 0 Å². The lowest BCUT2D eigenvalue weighted by atomic mass is 10.0. The van der Waals surface area contributed by atoms with Crippen molar-refractivity contribution in [3.05, 3.63) is 77.2 Å². The van der Waals surface area contributed by atoms with Gasteiger partial charge in [0.25, 0.3) is 5.91 Å². The number of hydrogen-bond donors (Lipinski definition) is 2. The zero-order valence-corrected chi connectivity index (χ0v) is 16.9. The highest BCUT2D eigenvalue weighted by Gasteiger charge is 2.23. The van der Waals surface area contributed by atoms with Crippen molar-refractivity contribution in [1.82, 2.24) is 15.3 Å². The Kier molecular flexibility index (Phi) is 6.09. The molecule has 1 aliphatic heterocycles. The summed E-state index contributed by atoms with van der Waals surface area (Å²) in [6.45, 7) is 1.42. The lowest BCUT2D eigenvalue weighted by Crippen LogP contribution is -2.45. The van der Waals surface area contributed by atoms with Gasteiger partial charge in [-0.3, -0.25) is 4.79 Å². The first-order valence-electron chi connectivity index (χ1n) is 9.74. The topological polar surface area (TPSA) is 70.2 Å². The molecule has 1 saturated heterocycles. The summed E-state index contributed by atoms with van der Waals surface area (Å²) in [5.74, 6) is 0.648. The highest BCUT2D eigenvalue weighted by molar-refractivity contribution is 6.30. The number of piperidine rings is 1. The minimum absolute atomic E-state index is 0.0763. The van der Waals surface area contributed by atoms with Gasteiger partial charge < -0.3 is 15.5 Å². The molecule has 1 fully saturated rings. The quantitative estimate of drug-likeness (QED) is 0.633. The van der Waals surface area contributed by atoms with Gasteiger partial charge >= 0.3 is 0 Å². The molecule has 0 aliphatic carbocycles. The van der Waals surface area contributed by atoms with Crippen LogP contribution in [0.4, 0.5) is 21.8 Å². The van der Waals surface area contributed by atoms with Crippen LogP contribution in [0.5, 0.6) is 0 Å². The molecule has 0 saturated carbocycles. The van der Waals surface area contributed by atoms with Gasteiger partial charge in [0.05, 0.1) is 5.69 Å². The average Bonchev–Trinajstić information content (AvgIpc) is 2.76. The zero-order chi connectivity index (χ0) is 20.9. The number of nitrogens with zero attached hydrogens (tertiary/aromatic N) is 3. The van der Waals surface area contributed by atoms with Crippen LogP contribution in [0.3, 0.4) is 0 Å². The van der Waals surface area contributed by atoms with Crippen LogP contribution in [-0.2, 0) is 0 Å². The lowest BCUT2D eigenvalue weighted by molar-refractivity contribution is 0.0931. The van der Waals surface area contributed by atoms with Crippen molar-refractivity contribution in [1.29, 1.82) is 0 Å². The molecule has 1 amide bonds. The standard InChI is InChI=1S/C22H21ClFN5O/c23-16-5-3-4-15(14-16)21(30)26-17-9-12-29(13-10-17)22-25-11-8-20(28-22)27-19-7-2-1-6-18(19)24/h1-8,11,14,17H,9-10,12-13H2,(H,26,30)(H,25,27,28). The van der Waals surface area contributed by atoms with Gasteiger partial charge in [0.15, 0.2) is 0 Å². The number of anilines is 3. The van der Waals surface area contributed by atoms with Crippen molar-refractivity contribution in [3.8, 4) is 0 Å². The SMILES string of the molecule is O=C(NC1CCN(c2nccc(Nc3ccccc3F)n2)CC1)c1cccc(Cl)c1. The molecule has 154 valence electrons. The minimum atomic E-state index is -0.339. The molecule has 2 aromatic carbocycles. The summed E-state index contributed by atoms with van der Waals surface area (Å²) in [5, 5.41) is 6.59. The first-order valence-corrected chi connectivity index (χ1v) is 10.1. The van der Waals surface area contributed by atoms with Crippen LogP contribution in [0.2, 0.25) is 5.02 Å². The number of benzene rings is 2. The highest BCUT2D eigenvalue weighted by Crippen LogP contribution is 2.21. The van der Waals surface area contributed by atoms with E-state index in [1.165, 1.54) is 6.07 Å². The van der Waals surface area contributed by atoms with Crippen LogP contribution >= 0.6 is 11.6 Å². The molecule has 1 aromatic heterocycles. The number of aromatic nitrogens is 2. The minimum Gasteiger partial charge on any atom is -0.349 e. The second-order valence-electron chi connectivity index (χ2n) is 7.09. The number of carbonyl (C=O) groups excluding carboxylic acids is 1. The molecule has 0 atom stereocenters. The molecular weight excluding hydrogens is 405 g/mol. The van der Waals surface area contributed by atoms with Crippen LogP contribution in [0.25, 0.3) is 0 Å². The van der Waals surface area contributed by atoms with Gasteiger partial charge in [-0.25, -0.2) is 9.37 Å². The van der Waals surface area contributed by atoms with E-state index in [1.807, 2.05) is 0 Å². The summed E-state index contributed by atoms with van der Waals surface area (Å²) in [6, 6.07) is 15.1. The summed E-state index contributed by atoms with van der Waals surface area (Å²) < 4.78 is 13.9. The lowest BCUT2D eigenvalue weighted by Gasteiger charge is -2.32. The maximum Gasteiger partial charge on any atom is 0.251 e. The number of para-hydroxylation sites is 1. The molecule has 0 bridgehead atoms. The predicted molar refractivity (Wildman–Crippen MR) is 116 cm³/mol. The van der Waals surface area contributed by atoms with Gasteiger partial charge in [-0.15, -0.1) is 0 Å². The fourth-order valence-corrected chi connectivity index (χ4v) is 3.58. The molecule has 0 radical (unpaired) electrons. The first-order chi connectivity index (χ1) is 14.6. The van der Waals surface area contributed by atoms with Crippen LogP contribution in [0.15, 0.2) is 60.8 Å². The molecule has 2 N–H and O–H groups in total. The molecule has 6 nitrogen and oxygen atoms in total. The maximum absolute atomic E-state index is 13.9. The van der Waals surface area contributed by atoms with E-state index in [1.54, 1.807) is 54.7 Å². The van der Waals surface area contributed by atoms with E-state index >= 15 is 0 Å². The fraction of sp³-hybridized carbons (Fsp3) is 0.227. The molecule has 2 heterocycles. The molecular formula is C22H21ClFN5O. The Balaban J connectivity index is 1.35. The van der Waals surface area contributed by atoms with Crippen molar-refractivity contribution in [2.75, 3.05) is 23.3 Å². The Bertz CT molecular complexity index is 1040. The third kappa shape index (κ3) is 4.86. The van der Waals surface area contributed by atoms with E-state index in [9.17, 15) is 9.18 Å². The smallest absolute Gasteiger partial charge is 0.251 e. The fourth-order valence-electron chi connectivity index (χ4n) is 3.39. The Morgan fingerprint density at radius 1 is 1.10 bits per heavy atom. The molecule has 30 heavy (non-hydrogen) atoms. The molecule has 1 aliphatic rings. The summed E-state index contributed by atoms with van der Waals surface area (Å²) >= 11 is 5.96. The van der Waals surface area contributed by atoms with Gasteiger partial charge in [0.2, 0.25) is 5.95 Å². The number of halogens is 2. The number of nitrogens with one attached hydrogen (secondary N) is 2. The Hall–Kier alpha value is -3.19. The average molecular weight is 426 g/mol. The van der Waals surface area contributed by atoms with Crippen LogP contribution in [0.1, 0.15) is 23.2 Å². The monoisotopic (exact) mass is 425 g/mol. The third-order valence-electron chi connectivity index (χ3n) is 4.98. The van der Waals surface area contributed by atoms with Crippen LogP contribution in [-0.4, -0.2) is 35.0 Å². The van der Waals surface area contributed by atoms with E-state index in [0.29, 0.717) is 41.1 Å². The van der Waals surface area contributed by atoms with Crippen molar-refractivity contribution < 1.29 is 9.18 Å². The molecule has 0 spiro atoms. The summed E-state index contributed by atoms with van der Waals surface area (Å²) in [7, 11) is 0. The van der Waals surface area contributed by atoms with E-state index in [0.717, 1.165) is 12.8 Å². The first kappa shape index (κ1) is 20.1.